The normalized spacial score (nSPS) is 27.8. The first-order valence-electron chi connectivity index (χ1n) is 7.95. The van der Waals surface area contributed by atoms with Crippen molar-refractivity contribution >= 4 is 11.3 Å². The Labute approximate surface area is 126 Å². The summed E-state index contributed by atoms with van der Waals surface area (Å²) in [6, 6.07) is 1.56. The van der Waals surface area contributed by atoms with Crippen LogP contribution in [0.15, 0.2) is 6.20 Å². The summed E-state index contributed by atoms with van der Waals surface area (Å²) < 4.78 is 0. The van der Waals surface area contributed by atoms with E-state index in [4.69, 9.17) is 0 Å². The maximum Gasteiger partial charge on any atom is 0.0981 e. The van der Waals surface area contributed by atoms with Gasteiger partial charge in [0, 0.05) is 35.1 Å². The molecule has 3 rings (SSSR count). The van der Waals surface area contributed by atoms with Gasteiger partial charge in [0.2, 0.25) is 0 Å². The Morgan fingerprint density at radius 1 is 1.35 bits per heavy atom. The van der Waals surface area contributed by atoms with Crippen molar-refractivity contribution in [3.63, 3.8) is 0 Å². The molecule has 0 spiro atoms. The Bertz CT molecular complexity index is 449. The van der Waals surface area contributed by atoms with Gasteiger partial charge in [-0.2, -0.15) is 0 Å². The summed E-state index contributed by atoms with van der Waals surface area (Å²) in [5.74, 6) is 0. The van der Waals surface area contributed by atoms with Gasteiger partial charge in [0.25, 0.3) is 0 Å². The second kappa shape index (κ2) is 5.74. The van der Waals surface area contributed by atoms with Crippen LogP contribution in [0.1, 0.15) is 56.3 Å². The number of nitrogens with zero attached hydrogens (tertiary/aromatic N) is 2. The third-order valence-corrected chi connectivity index (χ3v) is 6.00. The predicted molar refractivity (Wildman–Crippen MR) is 85.3 cm³/mol. The van der Waals surface area contributed by atoms with Crippen molar-refractivity contribution in [3.8, 4) is 0 Å². The molecule has 0 saturated carbocycles. The molecular weight excluding hydrogens is 266 g/mol. The molecule has 3 heterocycles. The van der Waals surface area contributed by atoms with Gasteiger partial charge in [-0.05, 0) is 38.8 Å². The second-order valence-corrected chi connectivity index (χ2v) is 8.43. The zero-order chi connectivity index (χ0) is 14.2. The number of hydrogen-bond acceptors (Lipinski definition) is 4. The van der Waals surface area contributed by atoms with Crippen molar-refractivity contribution in [3.05, 3.63) is 16.1 Å². The molecule has 4 heteroatoms. The number of aromatic nitrogens is 1. The first-order valence-corrected chi connectivity index (χ1v) is 8.76. The Balaban J connectivity index is 1.51. The molecule has 3 nitrogen and oxygen atoms in total. The van der Waals surface area contributed by atoms with Gasteiger partial charge in [0.15, 0.2) is 0 Å². The molecule has 1 aromatic heterocycles. The van der Waals surface area contributed by atoms with Crippen LogP contribution in [0.25, 0.3) is 0 Å². The van der Waals surface area contributed by atoms with Crippen LogP contribution in [0.5, 0.6) is 0 Å². The Morgan fingerprint density at radius 2 is 2.20 bits per heavy atom. The highest BCUT2D eigenvalue weighted by Crippen LogP contribution is 2.28. The van der Waals surface area contributed by atoms with E-state index < -0.39 is 0 Å². The summed E-state index contributed by atoms with van der Waals surface area (Å²) in [6.45, 7) is 10.3. The summed E-state index contributed by atoms with van der Waals surface area (Å²) >= 11 is 1.86. The third kappa shape index (κ3) is 3.23. The number of nitrogens with one attached hydrogen (secondary N) is 1. The summed E-state index contributed by atoms with van der Waals surface area (Å²) in [7, 11) is 0. The SMILES string of the molecule is CC(C)(C)c1ncc(CNC2CCN3CCCC3C2)s1. The minimum absolute atomic E-state index is 0.179. The third-order valence-electron chi connectivity index (χ3n) is 4.58. The van der Waals surface area contributed by atoms with Gasteiger partial charge in [0.05, 0.1) is 5.01 Å². The lowest BCUT2D eigenvalue weighted by atomic mass is 9.97. The van der Waals surface area contributed by atoms with Gasteiger partial charge in [-0.25, -0.2) is 4.98 Å². The molecule has 1 aromatic rings. The van der Waals surface area contributed by atoms with E-state index >= 15 is 0 Å². The molecule has 0 radical (unpaired) electrons. The van der Waals surface area contributed by atoms with Crippen molar-refractivity contribution in [2.45, 2.75) is 70.5 Å². The number of hydrogen-bond donors (Lipinski definition) is 1. The molecule has 0 bridgehead atoms. The highest BCUT2D eigenvalue weighted by Gasteiger charge is 2.31. The van der Waals surface area contributed by atoms with Gasteiger partial charge < -0.3 is 10.2 Å². The molecule has 2 aliphatic rings. The maximum absolute atomic E-state index is 4.57. The van der Waals surface area contributed by atoms with Crippen molar-refractivity contribution in [2.24, 2.45) is 0 Å². The van der Waals surface area contributed by atoms with E-state index in [0.717, 1.165) is 12.6 Å². The monoisotopic (exact) mass is 293 g/mol. The average molecular weight is 293 g/mol. The zero-order valence-electron chi connectivity index (χ0n) is 13.0. The topological polar surface area (TPSA) is 28.2 Å². The number of piperidine rings is 1. The highest BCUT2D eigenvalue weighted by atomic mass is 32.1. The zero-order valence-corrected chi connectivity index (χ0v) is 13.8. The van der Waals surface area contributed by atoms with Crippen LogP contribution in [-0.2, 0) is 12.0 Å². The van der Waals surface area contributed by atoms with Crippen LogP contribution in [0.2, 0.25) is 0 Å². The van der Waals surface area contributed by atoms with Crippen molar-refractivity contribution in [1.82, 2.24) is 15.2 Å². The van der Waals surface area contributed by atoms with E-state index in [2.05, 4.69) is 42.2 Å². The fraction of sp³-hybridized carbons (Fsp3) is 0.812. The van der Waals surface area contributed by atoms with E-state index in [0.29, 0.717) is 6.04 Å². The Hall–Kier alpha value is -0.450. The molecular formula is C16H27N3S. The van der Waals surface area contributed by atoms with Crippen LogP contribution in [0.3, 0.4) is 0 Å². The number of fused-ring (bicyclic) bond motifs is 1. The summed E-state index contributed by atoms with van der Waals surface area (Å²) in [6.07, 6.45) is 7.52. The van der Waals surface area contributed by atoms with Gasteiger partial charge in [-0.3, -0.25) is 0 Å². The molecule has 2 unspecified atom stereocenters. The molecule has 2 fully saturated rings. The Morgan fingerprint density at radius 3 is 2.95 bits per heavy atom. The second-order valence-electron chi connectivity index (χ2n) is 7.32. The van der Waals surface area contributed by atoms with Gasteiger partial charge in [-0.1, -0.05) is 20.8 Å². The van der Waals surface area contributed by atoms with Crippen molar-refractivity contribution in [1.29, 1.82) is 0 Å². The maximum atomic E-state index is 4.57. The van der Waals surface area contributed by atoms with E-state index in [1.54, 1.807) is 0 Å². The van der Waals surface area contributed by atoms with E-state index in [-0.39, 0.29) is 5.41 Å². The van der Waals surface area contributed by atoms with E-state index in [1.165, 1.54) is 48.7 Å². The van der Waals surface area contributed by atoms with Gasteiger partial charge in [-0.15, -0.1) is 11.3 Å². The van der Waals surface area contributed by atoms with Crippen LogP contribution >= 0.6 is 11.3 Å². The van der Waals surface area contributed by atoms with Crippen LogP contribution in [0, 0.1) is 0 Å². The molecule has 2 aliphatic heterocycles. The van der Waals surface area contributed by atoms with Crippen LogP contribution in [-0.4, -0.2) is 35.1 Å². The van der Waals surface area contributed by atoms with Crippen LogP contribution < -0.4 is 5.32 Å². The molecule has 20 heavy (non-hydrogen) atoms. The molecule has 112 valence electrons. The smallest absolute Gasteiger partial charge is 0.0981 e. The quantitative estimate of drug-likeness (QED) is 0.928. The van der Waals surface area contributed by atoms with E-state index in [9.17, 15) is 0 Å². The standard InChI is InChI=1S/C16H27N3S/c1-16(2,3)15-18-11-14(20-15)10-17-12-6-8-19-7-4-5-13(19)9-12/h11-13,17H,4-10H2,1-3H3. The molecule has 0 aliphatic carbocycles. The molecule has 0 aromatic carbocycles. The van der Waals surface area contributed by atoms with Gasteiger partial charge in [0.1, 0.15) is 0 Å². The Kier molecular flexibility index (Phi) is 4.16. The lowest BCUT2D eigenvalue weighted by Crippen LogP contribution is -2.45. The van der Waals surface area contributed by atoms with Crippen LogP contribution in [0.4, 0.5) is 0 Å². The fourth-order valence-corrected chi connectivity index (χ4v) is 4.31. The average Bonchev–Trinajstić information content (AvgIpc) is 3.04. The minimum atomic E-state index is 0.179. The van der Waals surface area contributed by atoms with Gasteiger partial charge >= 0.3 is 0 Å². The molecule has 2 saturated heterocycles. The highest BCUT2D eigenvalue weighted by molar-refractivity contribution is 7.11. The van der Waals surface area contributed by atoms with Crippen molar-refractivity contribution in [2.75, 3.05) is 13.1 Å². The molecule has 2 atom stereocenters. The molecule has 0 amide bonds. The summed E-state index contributed by atoms with van der Waals surface area (Å²) in [4.78, 5) is 8.64. The van der Waals surface area contributed by atoms with Crippen molar-refractivity contribution < 1.29 is 0 Å². The first-order chi connectivity index (χ1) is 9.52. The number of thiazole rings is 1. The lowest BCUT2D eigenvalue weighted by Gasteiger charge is -2.35. The predicted octanol–water partition coefficient (Wildman–Crippen LogP) is 3.16. The summed E-state index contributed by atoms with van der Waals surface area (Å²) in [5.41, 5.74) is 0.179. The summed E-state index contributed by atoms with van der Waals surface area (Å²) in [5, 5.41) is 5.01. The largest absolute Gasteiger partial charge is 0.309 e. The lowest BCUT2D eigenvalue weighted by molar-refractivity contribution is 0.166. The number of rotatable bonds is 3. The minimum Gasteiger partial charge on any atom is -0.309 e. The first kappa shape index (κ1) is 14.5. The fourth-order valence-electron chi connectivity index (χ4n) is 3.39. The molecule has 1 N–H and O–H groups in total. The van der Waals surface area contributed by atoms with E-state index in [1.807, 2.05) is 11.3 Å².